The Balaban J connectivity index is 2.07. The van der Waals surface area contributed by atoms with E-state index in [1.807, 2.05) is 6.07 Å². The molecule has 0 saturated heterocycles. The summed E-state index contributed by atoms with van der Waals surface area (Å²) >= 11 is 0. The van der Waals surface area contributed by atoms with Crippen molar-refractivity contribution >= 4 is 15.7 Å². The number of nitrogens with one attached hydrogen (secondary N) is 2. The summed E-state index contributed by atoms with van der Waals surface area (Å²) in [6.07, 6.45) is 1.53. The highest BCUT2D eigenvalue weighted by molar-refractivity contribution is 7.89. The number of hydrogen-bond donors (Lipinski definition) is 2. The first-order chi connectivity index (χ1) is 9.03. The summed E-state index contributed by atoms with van der Waals surface area (Å²) < 4.78 is 31.7. The van der Waals surface area contributed by atoms with Crippen molar-refractivity contribution in [3.8, 4) is 0 Å². The molecule has 1 aliphatic rings. The number of benzene rings is 1. The van der Waals surface area contributed by atoms with Gasteiger partial charge < -0.3 is 10.1 Å². The van der Waals surface area contributed by atoms with Crippen molar-refractivity contribution in [1.29, 1.82) is 0 Å². The van der Waals surface area contributed by atoms with Crippen LogP contribution in [0.1, 0.15) is 18.9 Å². The normalized spacial score (nSPS) is 18.1. The first kappa shape index (κ1) is 14.3. The lowest BCUT2D eigenvalue weighted by Crippen LogP contribution is -2.25. The summed E-state index contributed by atoms with van der Waals surface area (Å²) in [5.41, 5.74) is 2.10. The lowest BCUT2D eigenvalue weighted by molar-refractivity contribution is 0.196. The molecule has 0 aliphatic carbocycles. The van der Waals surface area contributed by atoms with E-state index < -0.39 is 10.0 Å². The van der Waals surface area contributed by atoms with Crippen molar-refractivity contribution < 1.29 is 13.2 Å². The van der Waals surface area contributed by atoms with Gasteiger partial charge in [0, 0.05) is 32.0 Å². The summed E-state index contributed by atoms with van der Waals surface area (Å²) in [6.45, 7) is 3.02. The van der Waals surface area contributed by atoms with Gasteiger partial charge in [-0.15, -0.1) is 0 Å². The van der Waals surface area contributed by atoms with E-state index in [2.05, 4.69) is 17.0 Å². The first-order valence-corrected chi connectivity index (χ1v) is 7.89. The molecule has 1 aromatic carbocycles. The topological polar surface area (TPSA) is 67.4 Å². The van der Waals surface area contributed by atoms with E-state index in [0.29, 0.717) is 30.5 Å². The number of fused-ring (bicyclic) bond motifs is 1. The number of methoxy groups -OCH3 is 1. The van der Waals surface area contributed by atoms with Crippen molar-refractivity contribution in [2.45, 2.75) is 30.7 Å². The monoisotopic (exact) mass is 284 g/mol. The number of anilines is 1. The fourth-order valence-electron chi connectivity index (χ4n) is 2.20. The van der Waals surface area contributed by atoms with E-state index >= 15 is 0 Å². The molecule has 2 N–H and O–H groups in total. The van der Waals surface area contributed by atoms with Gasteiger partial charge in [-0.1, -0.05) is 0 Å². The molecule has 6 heteroatoms. The Kier molecular flexibility index (Phi) is 4.44. The Morgan fingerprint density at radius 1 is 1.47 bits per heavy atom. The first-order valence-electron chi connectivity index (χ1n) is 6.41. The smallest absolute Gasteiger partial charge is 0.240 e. The van der Waals surface area contributed by atoms with Gasteiger partial charge >= 0.3 is 0 Å². The second-order valence-corrected chi connectivity index (χ2v) is 6.58. The van der Waals surface area contributed by atoms with Gasteiger partial charge in [0.15, 0.2) is 0 Å². The quantitative estimate of drug-likeness (QED) is 0.774. The maximum Gasteiger partial charge on any atom is 0.240 e. The van der Waals surface area contributed by atoms with Crippen LogP contribution in [0.25, 0.3) is 0 Å². The second kappa shape index (κ2) is 5.90. The van der Waals surface area contributed by atoms with Gasteiger partial charge in [-0.25, -0.2) is 13.1 Å². The standard InChI is InChI=1S/C13H20N2O3S/c1-10-8-11-9-12(4-5-13(11)15-10)19(16,17)14-6-3-7-18-2/h4-5,9-10,14-15H,3,6-8H2,1-2H3. The molecule has 1 aromatic rings. The van der Waals surface area contributed by atoms with E-state index in [1.54, 1.807) is 19.2 Å². The van der Waals surface area contributed by atoms with Crippen LogP contribution in [0.3, 0.4) is 0 Å². The molecule has 0 amide bonds. The Labute approximate surface area is 114 Å². The highest BCUT2D eigenvalue weighted by atomic mass is 32.2. The fourth-order valence-corrected chi connectivity index (χ4v) is 3.32. The zero-order valence-electron chi connectivity index (χ0n) is 11.3. The molecule has 1 aliphatic heterocycles. The largest absolute Gasteiger partial charge is 0.385 e. The second-order valence-electron chi connectivity index (χ2n) is 4.81. The minimum absolute atomic E-state index is 0.333. The highest BCUT2D eigenvalue weighted by Gasteiger charge is 2.20. The van der Waals surface area contributed by atoms with Gasteiger partial charge in [0.1, 0.15) is 0 Å². The molecule has 2 rings (SSSR count). The molecule has 0 saturated carbocycles. The molecule has 0 spiro atoms. The molecular formula is C13H20N2O3S. The van der Waals surface area contributed by atoms with E-state index in [4.69, 9.17) is 4.74 Å². The molecule has 0 bridgehead atoms. The van der Waals surface area contributed by atoms with Gasteiger partial charge in [-0.3, -0.25) is 0 Å². The highest BCUT2D eigenvalue weighted by Crippen LogP contribution is 2.27. The fraction of sp³-hybridized carbons (Fsp3) is 0.538. The van der Waals surface area contributed by atoms with Crippen LogP contribution in [0.15, 0.2) is 23.1 Å². The lowest BCUT2D eigenvalue weighted by Gasteiger charge is -2.08. The number of sulfonamides is 1. The average molecular weight is 284 g/mol. The van der Waals surface area contributed by atoms with Crippen molar-refractivity contribution in [2.75, 3.05) is 25.6 Å². The Morgan fingerprint density at radius 2 is 2.26 bits per heavy atom. The lowest BCUT2D eigenvalue weighted by atomic mass is 10.1. The summed E-state index contributed by atoms with van der Waals surface area (Å²) in [4.78, 5) is 0.333. The predicted octanol–water partition coefficient (Wildman–Crippen LogP) is 1.36. The van der Waals surface area contributed by atoms with Gasteiger partial charge in [-0.2, -0.15) is 0 Å². The number of hydrogen-bond acceptors (Lipinski definition) is 4. The zero-order valence-corrected chi connectivity index (χ0v) is 12.1. The van der Waals surface area contributed by atoms with E-state index in [-0.39, 0.29) is 0 Å². The molecule has 19 heavy (non-hydrogen) atoms. The minimum Gasteiger partial charge on any atom is -0.385 e. The van der Waals surface area contributed by atoms with E-state index in [1.165, 1.54) is 0 Å². The number of ether oxygens (including phenoxy) is 1. The van der Waals surface area contributed by atoms with Crippen LogP contribution in [0.4, 0.5) is 5.69 Å². The van der Waals surface area contributed by atoms with Crippen LogP contribution in [-0.2, 0) is 21.2 Å². The third-order valence-corrected chi connectivity index (χ3v) is 4.59. The summed E-state index contributed by atoms with van der Waals surface area (Å²) in [7, 11) is -1.81. The molecular weight excluding hydrogens is 264 g/mol. The van der Waals surface area contributed by atoms with Gasteiger partial charge in [0.25, 0.3) is 0 Å². The van der Waals surface area contributed by atoms with Crippen LogP contribution in [0, 0.1) is 0 Å². The Hall–Kier alpha value is -1.11. The molecule has 0 radical (unpaired) electrons. The van der Waals surface area contributed by atoms with Crippen LogP contribution in [-0.4, -0.2) is 34.7 Å². The molecule has 0 fully saturated rings. The maximum absolute atomic E-state index is 12.1. The molecule has 106 valence electrons. The molecule has 1 unspecified atom stereocenters. The van der Waals surface area contributed by atoms with Crippen LogP contribution in [0.2, 0.25) is 0 Å². The van der Waals surface area contributed by atoms with Crippen molar-refractivity contribution in [1.82, 2.24) is 4.72 Å². The molecule has 0 aromatic heterocycles. The Bertz CT molecular complexity index is 543. The summed E-state index contributed by atoms with van der Waals surface area (Å²) in [5.74, 6) is 0. The minimum atomic E-state index is -3.41. The third-order valence-electron chi connectivity index (χ3n) is 3.13. The van der Waals surface area contributed by atoms with Crippen molar-refractivity contribution in [3.63, 3.8) is 0 Å². The molecule has 5 nitrogen and oxygen atoms in total. The van der Waals surface area contributed by atoms with Gasteiger partial charge in [-0.05, 0) is 43.5 Å². The van der Waals surface area contributed by atoms with Crippen LogP contribution in [0.5, 0.6) is 0 Å². The van der Waals surface area contributed by atoms with Crippen molar-refractivity contribution in [3.05, 3.63) is 23.8 Å². The molecule has 1 atom stereocenters. The van der Waals surface area contributed by atoms with E-state index in [9.17, 15) is 8.42 Å². The maximum atomic E-state index is 12.1. The Morgan fingerprint density at radius 3 is 3.00 bits per heavy atom. The van der Waals surface area contributed by atoms with Gasteiger partial charge in [0.05, 0.1) is 4.90 Å². The van der Waals surface area contributed by atoms with E-state index in [0.717, 1.165) is 17.7 Å². The third kappa shape index (κ3) is 3.46. The van der Waals surface area contributed by atoms with Crippen LogP contribution < -0.4 is 10.0 Å². The number of rotatable bonds is 6. The summed E-state index contributed by atoms with van der Waals surface area (Å²) in [6, 6.07) is 5.60. The summed E-state index contributed by atoms with van der Waals surface area (Å²) in [5, 5.41) is 3.30. The van der Waals surface area contributed by atoms with Crippen LogP contribution >= 0.6 is 0 Å². The zero-order chi connectivity index (χ0) is 13.9. The predicted molar refractivity (Wildman–Crippen MR) is 74.9 cm³/mol. The average Bonchev–Trinajstić information content (AvgIpc) is 2.73. The van der Waals surface area contributed by atoms with Gasteiger partial charge in [0.2, 0.25) is 10.0 Å². The SMILES string of the molecule is COCCCNS(=O)(=O)c1ccc2c(c1)CC(C)N2. The molecule has 1 heterocycles. The van der Waals surface area contributed by atoms with Crippen molar-refractivity contribution in [2.24, 2.45) is 0 Å².